The van der Waals surface area contributed by atoms with Crippen molar-refractivity contribution in [1.29, 1.82) is 0 Å². The van der Waals surface area contributed by atoms with Gasteiger partial charge in [0.2, 0.25) is 0 Å². The zero-order valence-electron chi connectivity index (χ0n) is 10.4. The highest BCUT2D eigenvalue weighted by molar-refractivity contribution is 5.86. The van der Waals surface area contributed by atoms with Crippen LogP contribution in [-0.4, -0.2) is 37.1 Å². The average molecular weight is 237 g/mol. The minimum atomic E-state index is -0.339. The van der Waals surface area contributed by atoms with Gasteiger partial charge in [0.1, 0.15) is 12.4 Å². The van der Waals surface area contributed by atoms with Crippen molar-refractivity contribution in [2.45, 2.75) is 13.8 Å². The quantitative estimate of drug-likeness (QED) is 0.538. The Morgan fingerprint density at radius 3 is 2.82 bits per heavy atom. The van der Waals surface area contributed by atoms with E-state index in [-0.39, 0.29) is 5.97 Å². The van der Waals surface area contributed by atoms with Crippen LogP contribution in [0.3, 0.4) is 0 Å². The third-order valence-corrected chi connectivity index (χ3v) is 2.47. The van der Waals surface area contributed by atoms with Crippen LogP contribution in [0.2, 0.25) is 0 Å². The van der Waals surface area contributed by atoms with Crippen molar-refractivity contribution >= 4 is 12.0 Å². The molecule has 0 bridgehead atoms. The molecule has 1 rings (SSSR count). The van der Waals surface area contributed by atoms with Gasteiger partial charge < -0.3 is 14.1 Å². The molecule has 17 heavy (non-hydrogen) atoms. The van der Waals surface area contributed by atoms with Gasteiger partial charge in [-0.25, -0.2) is 4.79 Å². The fourth-order valence-corrected chi connectivity index (χ4v) is 1.40. The Morgan fingerprint density at radius 2 is 2.24 bits per heavy atom. The van der Waals surface area contributed by atoms with E-state index in [9.17, 15) is 4.79 Å². The van der Waals surface area contributed by atoms with E-state index in [2.05, 4.69) is 18.7 Å². The van der Waals surface area contributed by atoms with Gasteiger partial charge in [0.05, 0.1) is 6.26 Å². The first-order valence-corrected chi connectivity index (χ1v) is 5.87. The van der Waals surface area contributed by atoms with Crippen molar-refractivity contribution in [1.82, 2.24) is 4.90 Å². The van der Waals surface area contributed by atoms with Gasteiger partial charge in [-0.1, -0.05) is 13.8 Å². The molecule has 0 aliphatic carbocycles. The van der Waals surface area contributed by atoms with Crippen LogP contribution in [0.25, 0.3) is 6.08 Å². The Hall–Kier alpha value is -1.55. The summed E-state index contributed by atoms with van der Waals surface area (Å²) in [6, 6.07) is 3.55. The number of furan rings is 1. The monoisotopic (exact) mass is 237 g/mol. The van der Waals surface area contributed by atoms with E-state index in [1.807, 2.05) is 0 Å². The van der Waals surface area contributed by atoms with Gasteiger partial charge in [-0.3, -0.25) is 0 Å². The molecule has 0 unspecified atom stereocenters. The molecule has 0 aromatic carbocycles. The molecule has 1 heterocycles. The zero-order valence-corrected chi connectivity index (χ0v) is 10.4. The van der Waals surface area contributed by atoms with Crippen molar-refractivity contribution < 1.29 is 13.9 Å². The molecule has 4 heteroatoms. The second-order valence-corrected chi connectivity index (χ2v) is 3.54. The summed E-state index contributed by atoms with van der Waals surface area (Å²) in [5, 5.41) is 0. The first-order chi connectivity index (χ1) is 8.26. The highest BCUT2D eigenvalue weighted by Crippen LogP contribution is 2.02. The fourth-order valence-electron chi connectivity index (χ4n) is 1.40. The molecule has 0 saturated carbocycles. The summed E-state index contributed by atoms with van der Waals surface area (Å²) >= 11 is 0. The van der Waals surface area contributed by atoms with Gasteiger partial charge >= 0.3 is 5.97 Å². The molecule has 0 amide bonds. The molecule has 0 N–H and O–H groups in total. The predicted molar refractivity (Wildman–Crippen MR) is 66.5 cm³/mol. The summed E-state index contributed by atoms with van der Waals surface area (Å²) in [4.78, 5) is 13.5. The molecular weight excluding hydrogens is 218 g/mol. The number of hydrogen-bond acceptors (Lipinski definition) is 4. The minimum Gasteiger partial charge on any atom is -0.465 e. The Morgan fingerprint density at radius 1 is 1.47 bits per heavy atom. The maximum absolute atomic E-state index is 11.3. The van der Waals surface area contributed by atoms with Gasteiger partial charge in [-0.05, 0) is 31.3 Å². The van der Waals surface area contributed by atoms with Crippen LogP contribution in [0.5, 0.6) is 0 Å². The summed E-state index contributed by atoms with van der Waals surface area (Å²) in [7, 11) is 0. The van der Waals surface area contributed by atoms with E-state index >= 15 is 0 Å². The first kappa shape index (κ1) is 13.5. The minimum absolute atomic E-state index is 0.339. The molecular formula is C13H19NO3. The molecule has 0 aliphatic rings. The van der Waals surface area contributed by atoms with Crippen LogP contribution in [0.1, 0.15) is 19.6 Å². The van der Waals surface area contributed by atoms with Crippen molar-refractivity contribution in [2.24, 2.45) is 0 Å². The number of hydrogen-bond donors (Lipinski definition) is 0. The van der Waals surface area contributed by atoms with Crippen molar-refractivity contribution in [3.63, 3.8) is 0 Å². The van der Waals surface area contributed by atoms with E-state index < -0.39 is 0 Å². The number of nitrogens with zero attached hydrogens (tertiary/aromatic N) is 1. The molecule has 0 atom stereocenters. The van der Waals surface area contributed by atoms with E-state index in [0.29, 0.717) is 12.4 Å². The van der Waals surface area contributed by atoms with Crippen LogP contribution in [0, 0.1) is 0 Å². The van der Waals surface area contributed by atoms with Gasteiger partial charge in [-0.2, -0.15) is 0 Å². The molecule has 94 valence electrons. The van der Waals surface area contributed by atoms with Gasteiger partial charge in [-0.15, -0.1) is 0 Å². The smallest absolute Gasteiger partial charge is 0.330 e. The molecule has 0 saturated heterocycles. The predicted octanol–water partition coefficient (Wildman–Crippen LogP) is 2.18. The first-order valence-electron chi connectivity index (χ1n) is 5.87. The van der Waals surface area contributed by atoms with Crippen molar-refractivity contribution in [3.8, 4) is 0 Å². The Kier molecular flexibility index (Phi) is 6.10. The standard InChI is InChI=1S/C13H19NO3/c1-3-14(4-2)9-11-17-13(15)8-7-12-6-5-10-16-12/h5-8,10H,3-4,9,11H2,1-2H3/b8-7-. The number of likely N-dealkylation sites (N-methyl/N-ethyl adjacent to an activating group) is 1. The second kappa shape index (κ2) is 7.68. The lowest BCUT2D eigenvalue weighted by molar-refractivity contribution is -0.138. The number of carbonyl (C=O) groups is 1. The second-order valence-electron chi connectivity index (χ2n) is 3.54. The van der Waals surface area contributed by atoms with Crippen LogP contribution in [0.4, 0.5) is 0 Å². The maximum atomic E-state index is 11.3. The molecule has 1 aromatic rings. The van der Waals surface area contributed by atoms with Crippen molar-refractivity contribution in [3.05, 3.63) is 30.2 Å². The molecule has 0 aliphatic heterocycles. The molecule has 0 fully saturated rings. The molecule has 1 aromatic heterocycles. The van der Waals surface area contributed by atoms with Crippen LogP contribution >= 0.6 is 0 Å². The highest BCUT2D eigenvalue weighted by Gasteiger charge is 2.01. The number of ether oxygens (including phenoxy) is 1. The van der Waals surface area contributed by atoms with E-state index in [4.69, 9.17) is 9.15 Å². The third-order valence-electron chi connectivity index (χ3n) is 2.47. The molecule has 0 spiro atoms. The topological polar surface area (TPSA) is 42.7 Å². The van der Waals surface area contributed by atoms with Gasteiger partial charge in [0.15, 0.2) is 0 Å². The fraction of sp³-hybridized carbons (Fsp3) is 0.462. The zero-order chi connectivity index (χ0) is 12.5. The third kappa shape index (κ3) is 5.36. The lowest BCUT2D eigenvalue weighted by Gasteiger charge is -2.16. The largest absolute Gasteiger partial charge is 0.465 e. The summed E-state index contributed by atoms with van der Waals surface area (Å²) in [5.74, 6) is 0.305. The summed E-state index contributed by atoms with van der Waals surface area (Å²) in [5.41, 5.74) is 0. The van der Waals surface area contributed by atoms with Crippen molar-refractivity contribution in [2.75, 3.05) is 26.2 Å². The molecule has 4 nitrogen and oxygen atoms in total. The van der Waals surface area contributed by atoms with E-state index in [1.165, 1.54) is 6.08 Å². The molecule has 0 radical (unpaired) electrons. The van der Waals surface area contributed by atoms with Gasteiger partial charge in [0.25, 0.3) is 0 Å². The Labute approximate surface area is 102 Å². The maximum Gasteiger partial charge on any atom is 0.330 e. The SMILES string of the molecule is CCN(CC)CCOC(=O)/C=C\c1ccco1. The number of rotatable bonds is 7. The summed E-state index contributed by atoms with van der Waals surface area (Å²) < 4.78 is 10.1. The van der Waals surface area contributed by atoms with Gasteiger partial charge in [0, 0.05) is 12.6 Å². The lowest BCUT2D eigenvalue weighted by atomic mass is 10.4. The average Bonchev–Trinajstić information content (AvgIpc) is 2.85. The van der Waals surface area contributed by atoms with Crippen LogP contribution in [0.15, 0.2) is 28.9 Å². The Bertz CT molecular complexity index is 340. The Balaban J connectivity index is 2.21. The number of esters is 1. The number of carbonyl (C=O) groups excluding carboxylic acids is 1. The van der Waals surface area contributed by atoms with E-state index in [1.54, 1.807) is 24.5 Å². The summed E-state index contributed by atoms with van der Waals surface area (Å²) in [6.45, 7) is 7.30. The van der Waals surface area contributed by atoms with Crippen LogP contribution < -0.4 is 0 Å². The summed E-state index contributed by atoms with van der Waals surface area (Å²) in [6.07, 6.45) is 4.53. The van der Waals surface area contributed by atoms with E-state index in [0.717, 1.165) is 19.6 Å². The highest BCUT2D eigenvalue weighted by atomic mass is 16.5. The van der Waals surface area contributed by atoms with Crippen LogP contribution in [-0.2, 0) is 9.53 Å². The normalized spacial score (nSPS) is 11.2. The lowest BCUT2D eigenvalue weighted by Crippen LogP contribution is -2.27.